The van der Waals surface area contributed by atoms with E-state index in [-0.39, 0.29) is 18.4 Å². The number of nitrogen functional groups attached to an aromatic ring is 1. The van der Waals surface area contributed by atoms with Gasteiger partial charge in [0.05, 0.1) is 4.90 Å². The molecule has 102 valence electrons. The first-order valence-electron chi connectivity index (χ1n) is 5.89. The van der Waals surface area contributed by atoms with Gasteiger partial charge in [0.25, 0.3) is 0 Å². The first-order valence-corrected chi connectivity index (χ1v) is 7.33. The zero-order valence-corrected chi connectivity index (χ0v) is 12.0. The summed E-state index contributed by atoms with van der Waals surface area (Å²) in [7, 11) is -3.35. The molecular weight excluding hydrogens is 272 g/mol. The Labute approximate surface area is 115 Å². The molecule has 1 atom stereocenters. The van der Waals surface area contributed by atoms with E-state index >= 15 is 0 Å². The normalized spacial score (nSPS) is 21.3. The van der Waals surface area contributed by atoms with E-state index in [4.69, 9.17) is 5.73 Å². The van der Waals surface area contributed by atoms with Gasteiger partial charge in [0.1, 0.15) is 0 Å². The van der Waals surface area contributed by atoms with Gasteiger partial charge in [-0.3, -0.25) is 0 Å². The van der Waals surface area contributed by atoms with E-state index in [9.17, 15) is 8.42 Å². The predicted octanol–water partition coefficient (Wildman–Crippen LogP) is 2.25. The summed E-state index contributed by atoms with van der Waals surface area (Å²) in [5, 5.41) is 0. The SMILES string of the molecule is CC1CCCCN1S(=O)(=O)c1ccc(N)cc1.Cl. The van der Waals surface area contributed by atoms with Crippen LogP contribution in [0.4, 0.5) is 5.69 Å². The monoisotopic (exact) mass is 290 g/mol. The fourth-order valence-corrected chi connectivity index (χ4v) is 3.90. The number of anilines is 1. The second-order valence-corrected chi connectivity index (χ2v) is 6.42. The van der Waals surface area contributed by atoms with Gasteiger partial charge in [-0.1, -0.05) is 6.42 Å². The highest BCUT2D eigenvalue weighted by atomic mass is 35.5. The van der Waals surface area contributed by atoms with Crippen molar-refractivity contribution >= 4 is 28.1 Å². The number of hydrogen-bond acceptors (Lipinski definition) is 3. The van der Waals surface area contributed by atoms with Gasteiger partial charge in [-0.05, 0) is 44.0 Å². The Hall–Kier alpha value is -0.780. The van der Waals surface area contributed by atoms with Gasteiger partial charge in [0.15, 0.2) is 0 Å². The number of nitrogens with zero attached hydrogens (tertiary/aromatic N) is 1. The molecule has 2 N–H and O–H groups in total. The molecule has 6 heteroatoms. The molecule has 1 unspecified atom stereocenters. The van der Waals surface area contributed by atoms with E-state index in [0.29, 0.717) is 17.1 Å². The maximum atomic E-state index is 12.4. The van der Waals surface area contributed by atoms with Crippen molar-refractivity contribution in [2.75, 3.05) is 12.3 Å². The number of piperidine rings is 1. The van der Waals surface area contributed by atoms with Gasteiger partial charge in [-0.25, -0.2) is 8.42 Å². The highest BCUT2D eigenvalue weighted by molar-refractivity contribution is 7.89. The minimum Gasteiger partial charge on any atom is -0.399 e. The predicted molar refractivity (Wildman–Crippen MR) is 75.3 cm³/mol. The Kier molecular flexibility index (Phi) is 5.01. The number of benzene rings is 1. The molecule has 4 nitrogen and oxygen atoms in total. The standard InChI is InChI=1S/C12H18N2O2S.ClH/c1-10-4-2-3-9-14(10)17(15,16)12-7-5-11(13)6-8-12;/h5-8,10H,2-4,9,13H2,1H3;1H. The maximum absolute atomic E-state index is 12.4. The smallest absolute Gasteiger partial charge is 0.243 e. The van der Waals surface area contributed by atoms with Crippen LogP contribution in [0.5, 0.6) is 0 Å². The molecule has 1 aliphatic rings. The van der Waals surface area contributed by atoms with E-state index in [0.717, 1.165) is 19.3 Å². The Morgan fingerprint density at radius 3 is 2.39 bits per heavy atom. The van der Waals surface area contributed by atoms with Crippen molar-refractivity contribution in [1.29, 1.82) is 0 Å². The second-order valence-electron chi connectivity index (χ2n) is 4.53. The highest BCUT2D eigenvalue weighted by Gasteiger charge is 2.30. The lowest BCUT2D eigenvalue weighted by atomic mass is 10.1. The Balaban J connectivity index is 0.00000162. The van der Waals surface area contributed by atoms with E-state index < -0.39 is 10.0 Å². The lowest BCUT2D eigenvalue weighted by Crippen LogP contribution is -2.41. The molecule has 0 spiro atoms. The Morgan fingerprint density at radius 1 is 1.22 bits per heavy atom. The van der Waals surface area contributed by atoms with E-state index in [1.807, 2.05) is 6.92 Å². The van der Waals surface area contributed by atoms with Gasteiger partial charge >= 0.3 is 0 Å². The van der Waals surface area contributed by atoms with Crippen LogP contribution >= 0.6 is 12.4 Å². The summed E-state index contributed by atoms with van der Waals surface area (Å²) in [5.41, 5.74) is 6.15. The van der Waals surface area contributed by atoms with E-state index in [1.165, 1.54) is 0 Å². The summed E-state index contributed by atoms with van der Waals surface area (Å²) in [6.07, 6.45) is 2.99. The zero-order valence-electron chi connectivity index (χ0n) is 10.4. The molecule has 1 aromatic rings. The highest BCUT2D eigenvalue weighted by Crippen LogP contribution is 2.25. The molecule has 0 amide bonds. The zero-order chi connectivity index (χ0) is 12.5. The average Bonchev–Trinajstić information content (AvgIpc) is 2.30. The van der Waals surface area contributed by atoms with Crippen LogP contribution in [-0.4, -0.2) is 25.3 Å². The van der Waals surface area contributed by atoms with Crippen molar-refractivity contribution < 1.29 is 8.42 Å². The topological polar surface area (TPSA) is 63.4 Å². The largest absolute Gasteiger partial charge is 0.399 e. The van der Waals surface area contributed by atoms with Crippen LogP contribution in [-0.2, 0) is 10.0 Å². The van der Waals surface area contributed by atoms with Crippen LogP contribution in [0.2, 0.25) is 0 Å². The van der Waals surface area contributed by atoms with Crippen LogP contribution in [0.3, 0.4) is 0 Å². The Bertz CT molecular complexity index is 487. The second kappa shape index (κ2) is 5.91. The molecule has 1 aromatic carbocycles. The van der Waals surface area contributed by atoms with Crippen LogP contribution in [0.1, 0.15) is 26.2 Å². The molecule has 18 heavy (non-hydrogen) atoms. The number of rotatable bonds is 2. The summed E-state index contributed by atoms with van der Waals surface area (Å²) in [5.74, 6) is 0. The molecule has 1 fully saturated rings. The molecule has 0 radical (unpaired) electrons. The van der Waals surface area contributed by atoms with Gasteiger partial charge in [-0.2, -0.15) is 4.31 Å². The number of nitrogens with two attached hydrogens (primary N) is 1. The summed E-state index contributed by atoms with van der Waals surface area (Å²) < 4.78 is 26.4. The van der Waals surface area contributed by atoms with E-state index in [1.54, 1.807) is 28.6 Å². The molecule has 1 heterocycles. The fraction of sp³-hybridized carbons (Fsp3) is 0.500. The molecule has 0 aliphatic carbocycles. The molecular formula is C12H19ClN2O2S. The third-order valence-corrected chi connectivity index (χ3v) is 5.26. The van der Waals surface area contributed by atoms with Crippen LogP contribution in [0.25, 0.3) is 0 Å². The maximum Gasteiger partial charge on any atom is 0.243 e. The lowest BCUT2D eigenvalue weighted by molar-refractivity contribution is 0.268. The first-order chi connectivity index (χ1) is 8.01. The molecule has 0 bridgehead atoms. The van der Waals surface area contributed by atoms with Crippen molar-refractivity contribution in [2.45, 2.75) is 37.1 Å². The van der Waals surface area contributed by atoms with Crippen LogP contribution in [0, 0.1) is 0 Å². The van der Waals surface area contributed by atoms with Gasteiger partial charge in [0, 0.05) is 18.3 Å². The summed E-state index contributed by atoms with van der Waals surface area (Å²) >= 11 is 0. The van der Waals surface area contributed by atoms with Gasteiger partial charge < -0.3 is 5.73 Å². The summed E-state index contributed by atoms with van der Waals surface area (Å²) in [4.78, 5) is 0.334. The van der Waals surface area contributed by atoms with Crippen molar-refractivity contribution in [3.05, 3.63) is 24.3 Å². The number of hydrogen-bond donors (Lipinski definition) is 1. The van der Waals surface area contributed by atoms with Crippen molar-refractivity contribution in [1.82, 2.24) is 4.31 Å². The summed E-state index contributed by atoms with van der Waals surface area (Å²) in [6.45, 7) is 2.59. The quantitative estimate of drug-likeness (QED) is 0.850. The lowest BCUT2D eigenvalue weighted by Gasteiger charge is -2.32. The first kappa shape index (κ1) is 15.3. The van der Waals surface area contributed by atoms with Crippen molar-refractivity contribution in [3.8, 4) is 0 Å². The average molecular weight is 291 g/mol. The molecule has 0 aromatic heterocycles. The third kappa shape index (κ3) is 2.96. The van der Waals surface area contributed by atoms with Gasteiger partial charge in [-0.15, -0.1) is 12.4 Å². The van der Waals surface area contributed by atoms with Crippen LogP contribution in [0.15, 0.2) is 29.2 Å². The van der Waals surface area contributed by atoms with Gasteiger partial charge in [0.2, 0.25) is 10.0 Å². The molecule has 2 rings (SSSR count). The minimum atomic E-state index is -3.35. The molecule has 1 aliphatic heterocycles. The Morgan fingerprint density at radius 2 is 1.83 bits per heavy atom. The van der Waals surface area contributed by atoms with Crippen molar-refractivity contribution in [3.63, 3.8) is 0 Å². The number of sulfonamides is 1. The summed E-state index contributed by atoms with van der Waals surface area (Å²) in [6, 6.07) is 6.49. The molecule has 0 saturated carbocycles. The third-order valence-electron chi connectivity index (χ3n) is 3.23. The minimum absolute atomic E-state index is 0. The van der Waals surface area contributed by atoms with Crippen molar-refractivity contribution in [2.24, 2.45) is 0 Å². The molecule has 1 saturated heterocycles. The van der Waals surface area contributed by atoms with Crippen LogP contribution < -0.4 is 5.73 Å². The fourth-order valence-electron chi connectivity index (χ4n) is 2.20. The van der Waals surface area contributed by atoms with E-state index in [2.05, 4.69) is 0 Å². The number of halogens is 1.